The second kappa shape index (κ2) is 15.7. The molecule has 280 valence electrons. The predicted molar refractivity (Wildman–Crippen MR) is 245 cm³/mol. The Hall–Kier alpha value is -7.75. The molecule has 0 spiro atoms. The maximum Gasteiger partial charge on any atom is 0.123 e. The zero-order chi connectivity index (χ0) is 39.5. The van der Waals surface area contributed by atoms with Crippen LogP contribution in [0.1, 0.15) is 22.3 Å². The number of hydrogen-bond acceptors (Lipinski definition) is 1. The van der Waals surface area contributed by atoms with Crippen molar-refractivity contribution in [2.75, 3.05) is 4.90 Å². The van der Waals surface area contributed by atoms with Gasteiger partial charge in [0.15, 0.2) is 0 Å². The van der Waals surface area contributed by atoms with Gasteiger partial charge in [-0.25, -0.2) is 4.39 Å². The molecule has 10 rings (SSSR count). The van der Waals surface area contributed by atoms with Crippen LogP contribution in [-0.2, 0) is 0 Å². The van der Waals surface area contributed by atoms with Crippen LogP contribution in [0.5, 0.6) is 0 Å². The molecule has 0 N–H and O–H groups in total. The Balaban J connectivity index is 1.09. The first-order chi connectivity index (χ1) is 29.2. The van der Waals surface area contributed by atoms with E-state index in [0.29, 0.717) is 0 Å². The third kappa shape index (κ3) is 6.90. The Morgan fingerprint density at radius 1 is 0.339 bits per heavy atom. The van der Waals surface area contributed by atoms with Gasteiger partial charge in [-0.05, 0) is 117 Å². The van der Waals surface area contributed by atoms with E-state index in [-0.39, 0.29) is 5.82 Å². The molecule has 1 heterocycles. The molecular formula is C56H39FN2. The largest absolute Gasteiger partial charge is 0.310 e. The number of para-hydroxylation sites is 2. The van der Waals surface area contributed by atoms with Gasteiger partial charge in [0.25, 0.3) is 0 Å². The van der Waals surface area contributed by atoms with Crippen LogP contribution in [0, 0.1) is 5.82 Å². The van der Waals surface area contributed by atoms with Crippen LogP contribution in [0.25, 0.3) is 49.8 Å². The summed E-state index contributed by atoms with van der Waals surface area (Å²) >= 11 is 0. The van der Waals surface area contributed by atoms with Crippen LogP contribution in [0.3, 0.4) is 0 Å². The van der Waals surface area contributed by atoms with Gasteiger partial charge in [-0.2, -0.15) is 0 Å². The molecule has 0 aliphatic heterocycles. The van der Waals surface area contributed by atoms with Crippen LogP contribution in [-0.4, -0.2) is 4.57 Å². The number of nitrogens with zero attached hydrogens (tertiary/aromatic N) is 2. The molecule has 2 nitrogen and oxygen atoms in total. The topological polar surface area (TPSA) is 8.17 Å². The summed E-state index contributed by atoms with van der Waals surface area (Å²) in [4.78, 5) is 2.30. The summed E-state index contributed by atoms with van der Waals surface area (Å²) in [5.41, 5.74) is 15.5. The van der Waals surface area contributed by atoms with Crippen molar-refractivity contribution in [3.63, 3.8) is 0 Å². The smallest absolute Gasteiger partial charge is 0.123 e. The molecule has 1 aromatic heterocycles. The highest BCUT2D eigenvalue weighted by atomic mass is 19.1. The standard InChI is InChI=1S/C56H39FN2/c57-46-30-34-49(35-31-46)59-53-27-14-13-26-51(53)52-37-36-50(39-54(52)59)58(47-24-11-4-12-25-47)48-32-28-40(29-33-48)44-22-15-23-45(38-44)56(43-20-9-3-10-21-43)55(41-16-5-1-6-17-41)42-18-7-2-8-19-42/h1-39H. The molecule has 59 heavy (non-hydrogen) atoms. The summed E-state index contributed by atoms with van der Waals surface area (Å²) in [7, 11) is 0. The number of hydrogen-bond donors (Lipinski definition) is 0. The molecule has 10 aromatic rings. The van der Waals surface area contributed by atoms with E-state index in [9.17, 15) is 4.39 Å². The third-order valence-corrected chi connectivity index (χ3v) is 11.1. The van der Waals surface area contributed by atoms with Crippen LogP contribution in [0.4, 0.5) is 21.5 Å². The van der Waals surface area contributed by atoms with Crippen molar-refractivity contribution in [3.8, 4) is 16.8 Å². The Kier molecular flexibility index (Phi) is 9.46. The highest BCUT2D eigenvalue weighted by Crippen LogP contribution is 2.41. The summed E-state index contributed by atoms with van der Waals surface area (Å²) in [6.07, 6.45) is 0. The van der Waals surface area contributed by atoms with Crippen molar-refractivity contribution in [2.24, 2.45) is 0 Å². The van der Waals surface area contributed by atoms with Crippen LogP contribution in [0.15, 0.2) is 237 Å². The van der Waals surface area contributed by atoms with Gasteiger partial charge >= 0.3 is 0 Å². The van der Waals surface area contributed by atoms with Gasteiger partial charge in [0, 0.05) is 33.5 Å². The van der Waals surface area contributed by atoms with Crippen molar-refractivity contribution >= 4 is 50.0 Å². The molecule has 0 radical (unpaired) electrons. The van der Waals surface area contributed by atoms with Gasteiger partial charge in [-0.1, -0.05) is 164 Å². The summed E-state index contributed by atoms with van der Waals surface area (Å²) in [5.74, 6) is -0.252. The molecule has 3 heteroatoms. The summed E-state index contributed by atoms with van der Waals surface area (Å²) in [6, 6.07) is 82.2. The van der Waals surface area contributed by atoms with Crippen LogP contribution < -0.4 is 4.90 Å². The molecule has 9 aromatic carbocycles. The predicted octanol–water partition coefficient (Wildman–Crippen LogP) is 15.1. The Morgan fingerprint density at radius 3 is 1.46 bits per heavy atom. The van der Waals surface area contributed by atoms with Gasteiger partial charge in [0.05, 0.1) is 11.0 Å². The van der Waals surface area contributed by atoms with Crippen molar-refractivity contribution in [1.82, 2.24) is 4.57 Å². The third-order valence-electron chi connectivity index (χ3n) is 11.1. The molecule has 0 unspecified atom stereocenters. The zero-order valence-corrected chi connectivity index (χ0v) is 32.3. The van der Waals surface area contributed by atoms with Crippen molar-refractivity contribution in [3.05, 3.63) is 265 Å². The lowest BCUT2D eigenvalue weighted by Crippen LogP contribution is -2.10. The lowest BCUT2D eigenvalue weighted by atomic mass is 9.85. The summed E-state index contributed by atoms with van der Waals surface area (Å²) in [5, 5.41) is 2.30. The zero-order valence-electron chi connectivity index (χ0n) is 32.3. The Morgan fingerprint density at radius 2 is 0.831 bits per heavy atom. The van der Waals surface area contributed by atoms with Crippen molar-refractivity contribution < 1.29 is 4.39 Å². The monoisotopic (exact) mass is 758 g/mol. The van der Waals surface area contributed by atoms with Crippen LogP contribution >= 0.6 is 0 Å². The van der Waals surface area contributed by atoms with Gasteiger partial charge in [0.1, 0.15) is 5.82 Å². The number of rotatable bonds is 9. The number of benzene rings is 9. The SMILES string of the molecule is Fc1ccc(-n2c3ccccc3c3ccc(N(c4ccccc4)c4ccc(-c5cccc(C(=C(c6ccccc6)c6ccccc6)c6ccccc6)c5)cc4)cc32)cc1. The second-order valence-electron chi connectivity index (χ2n) is 14.7. The number of anilines is 3. The average Bonchev–Trinajstić information content (AvgIpc) is 3.63. The van der Waals surface area contributed by atoms with E-state index in [0.717, 1.165) is 66.8 Å². The molecule has 0 fully saturated rings. The Bertz CT molecular complexity index is 3020. The first-order valence-corrected chi connectivity index (χ1v) is 20.0. The van der Waals surface area contributed by atoms with E-state index in [4.69, 9.17) is 0 Å². The fourth-order valence-electron chi connectivity index (χ4n) is 8.37. The first-order valence-electron chi connectivity index (χ1n) is 20.0. The first kappa shape index (κ1) is 35.6. The van der Waals surface area contributed by atoms with E-state index in [1.165, 1.54) is 34.4 Å². The minimum atomic E-state index is -0.252. The molecule has 0 aliphatic carbocycles. The molecule has 0 aliphatic rings. The van der Waals surface area contributed by atoms with Crippen molar-refractivity contribution in [1.29, 1.82) is 0 Å². The minimum Gasteiger partial charge on any atom is -0.310 e. The van der Waals surface area contributed by atoms with Gasteiger partial charge in [0.2, 0.25) is 0 Å². The van der Waals surface area contributed by atoms with Gasteiger partial charge < -0.3 is 9.47 Å². The fourth-order valence-corrected chi connectivity index (χ4v) is 8.37. The maximum absolute atomic E-state index is 14.1. The van der Waals surface area contributed by atoms with E-state index >= 15 is 0 Å². The van der Waals surface area contributed by atoms with Gasteiger partial charge in [-0.15, -0.1) is 0 Å². The van der Waals surface area contributed by atoms with E-state index in [1.807, 2.05) is 18.2 Å². The van der Waals surface area contributed by atoms with E-state index < -0.39 is 0 Å². The molecular weight excluding hydrogens is 720 g/mol. The number of fused-ring (bicyclic) bond motifs is 3. The molecule has 0 atom stereocenters. The van der Waals surface area contributed by atoms with E-state index in [1.54, 1.807) is 0 Å². The number of aromatic nitrogens is 1. The molecule has 0 amide bonds. The molecule has 0 saturated heterocycles. The van der Waals surface area contributed by atoms with Gasteiger partial charge in [-0.3, -0.25) is 0 Å². The maximum atomic E-state index is 14.1. The quantitative estimate of drug-likeness (QED) is 0.133. The fraction of sp³-hybridized carbons (Fsp3) is 0. The molecule has 0 saturated carbocycles. The Labute approximate surface area is 344 Å². The lowest BCUT2D eigenvalue weighted by Gasteiger charge is -2.26. The summed E-state index contributed by atoms with van der Waals surface area (Å²) in [6.45, 7) is 0. The van der Waals surface area contributed by atoms with E-state index in [2.05, 4.69) is 216 Å². The minimum absolute atomic E-state index is 0.252. The average molecular weight is 759 g/mol. The summed E-state index contributed by atoms with van der Waals surface area (Å²) < 4.78 is 16.3. The molecule has 0 bridgehead atoms. The highest BCUT2D eigenvalue weighted by molar-refractivity contribution is 6.10. The second-order valence-corrected chi connectivity index (χ2v) is 14.7. The highest BCUT2D eigenvalue weighted by Gasteiger charge is 2.19. The van der Waals surface area contributed by atoms with Crippen LogP contribution in [0.2, 0.25) is 0 Å². The van der Waals surface area contributed by atoms with Crippen molar-refractivity contribution in [2.45, 2.75) is 0 Å². The lowest BCUT2D eigenvalue weighted by molar-refractivity contribution is 0.627. The number of halogens is 1. The normalized spacial score (nSPS) is 11.1.